The topological polar surface area (TPSA) is 20.2 Å². The average molecular weight is 445 g/mol. The number of rotatable bonds is 8. The summed E-state index contributed by atoms with van der Waals surface area (Å²) in [6.07, 6.45) is 6.67. The summed E-state index contributed by atoms with van der Waals surface area (Å²) >= 11 is 0. The predicted molar refractivity (Wildman–Crippen MR) is 122 cm³/mol. The number of aliphatic hydroxyl groups is 1. The molecule has 1 N–H and O–H groups in total. The molecular formula is C27H47F3O. The van der Waals surface area contributed by atoms with Crippen molar-refractivity contribution in [1.29, 1.82) is 0 Å². The summed E-state index contributed by atoms with van der Waals surface area (Å²) in [5, 5.41) is 9.47. The first kappa shape index (κ1) is 25.4. The van der Waals surface area contributed by atoms with Crippen LogP contribution in [-0.4, -0.2) is 17.4 Å². The van der Waals surface area contributed by atoms with E-state index in [1.54, 1.807) is 0 Å². The minimum absolute atomic E-state index is 0.152. The molecule has 3 aliphatic carbocycles. The fourth-order valence-corrected chi connectivity index (χ4v) is 8.77. The normalized spacial score (nSPS) is 42.7. The maximum absolute atomic E-state index is 12.8. The molecule has 3 aliphatic rings. The molecule has 3 fully saturated rings. The lowest BCUT2D eigenvalue weighted by Crippen LogP contribution is -2.52. The Morgan fingerprint density at radius 3 is 2.29 bits per heavy atom. The second-order valence-corrected chi connectivity index (χ2v) is 12.0. The van der Waals surface area contributed by atoms with E-state index < -0.39 is 12.3 Å². The van der Waals surface area contributed by atoms with Crippen LogP contribution in [0.15, 0.2) is 0 Å². The average Bonchev–Trinajstić information content (AvgIpc) is 3.07. The van der Waals surface area contributed by atoms with Gasteiger partial charge in [0, 0.05) is 0 Å². The van der Waals surface area contributed by atoms with Crippen LogP contribution in [0.1, 0.15) is 112 Å². The zero-order valence-corrected chi connectivity index (χ0v) is 20.6. The van der Waals surface area contributed by atoms with E-state index in [1.807, 2.05) is 0 Å². The van der Waals surface area contributed by atoms with Crippen LogP contribution in [0.3, 0.4) is 0 Å². The van der Waals surface area contributed by atoms with Crippen LogP contribution in [0.2, 0.25) is 0 Å². The molecule has 0 heterocycles. The number of alkyl halides is 3. The van der Waals surface area contributed by atoms with Crippen LogP contribution >= 0.6 is 0 Å². The van der Waals surface area contributed by atoms with Gasteiger partial charge in [0.15, 0.2) is 0 Å². The van der Waals surface area contributed by atoms with Crippen LogP contribution in [-0.2, 0) is 0 Å². The summed E-state index contributed by atoms with van der Waals surface area (Å²) in [4.78, 5) is 0. The highest BCUT2D eigenvalue weighted by atomic mass is 19.4. The van der Waals surface area contributed by atoms with Crippen LogP contribution in [0, 0.1) is 46.3 Å². The highest BCUT2D eigenvalue weighted by Gasteiger charge is 2.59. The van der Waals surface area contributed by atoms with E-state index in [1.165, 1.54) is 57.8 Å². The van der Waals surface area contributed by atoms with Gasteiger partial charge in [-0.2, -0.15) is 13.2 Å². The summed E-state index contributed by atoms with van der Waals surface area (Å²) in [7, 11) is 0. The van der Waals surface area contributed by atoms with Crippen molar-refractivity contribution >= 4 is 0 Å². The number of unbranched alkanes of at least 4 members (excludes halogenated alkanes) is 1. The Morgan fingerprint density at radius 2 is 1.68 bits per heavy atom. The second kappa shape index (κ2) is 9.55. The largest absolute Gasteiger partial charge is 0.414 e. The van der Waals surface area contributed by atoms with Gasteiger partial charge in [-0.25, -0.2) is 0 Å². The van der Waals surface area contributed by atoms with Crippen molar-refractivity contribution in [2.24, 2.45) is 46.3 Å². The first-order chi connectivity index (χ1) is 14.5. The molecule has 3 rings (SSSR count). The van der Waals surface area contributed by atoms with E-state index in [0.717, 1.165) is 30.1 Å². The van der Waals surface area contributed by atoms with E-state index in [0.29, 0.717) is 17.8 Å². The molecule has 0 unspecified atom stereocenters. The molecule has 0 saturated heterocycles. The molecule has 0 radical (unpaired) electrons. The van der Waals surface area contributed by atoms with Crippen molar-refractivity contribution in [2.75, 3.05) is 0 Å². The van der Waals surface area contributed by atoms with Gasteiger partial charge in [0.25, 0.3) is 0 Å². The third kappa shape index (κ3) is 4.71. The number of hydrogen-bond donors (Lipinski definition) is 1. The van der Waals surface area contributed by atoms with Gasteiger partial charge in [0.1, 0.15) is 6.10 Å². The lowest BCUT2D eigenvalue weighted by molar-refractivity contribution is -0.206. The number of aliphatic hydroxyl groups excluding tert-OH is 1. The van der Waals surface area contributed by atoms with Gasteiger partial charge >= 0.3 is 6.18 Å². The van der Waals surface area contributed by atoms with Gasteiger partial charge < -0.3 is 5.11 Å². The fourth-order valence-electron chi connectivity index (χ4n) is 8.77. The van der Waals surface area contributed by atoms with Gasteiger partial charge in [-0.3, -0.25) is 0 Å². The molecule has 0 aromatic carbocycles. The van der Waals surface area contributed by atoms with Crippen molar-refractivity contribution in [1.82, 2.24) is 0 Å². The maximum Gasteiger partial charge on any atom is 0.414 e. The number of halogens is 3. The fraction of sp³-hybridized carbons (Fsp3) is 1.00. The molecule has 9 atom stereocenters. The second-order valence-electron chi connectivity index (χ2n) is 12.0. The Kier molecular flexibility index (Phi) is 7.81. The lowest BCUT2D eigenvalue weighted by atomic mass is 9.45. The van der Waals surface area contributed by atoms with Crippen molar-refractivity contribution < 1.29 is 18.3 Å². The van der Waals surface area contributed by atoms with E-state index in [-0.39, 0.29) is 17.8 Å². The molecule has 0 spiro atoms. The smallest absolute Gasteiger partial charge is 0.384 e. The lowest BCUT2D eigenvalue weighted by Gasteiger charge is -2.59. The van der Waals surface area contributed by atoms with Crippen molar-refractivity contribution in [3.63, 3.8) is 0 Å². The summed E-state index contributed by atoms with van der Waals surface area (Å²) in [5.74, 6) is 3.99. The molecule has 182 valence electrons. The molecule has 4 heteroatoms. The maximum atomic E-state index is 12.8. The predicted octanol–water partition coefficient (Wildman–Crippen LogP) is 8.40. The standard InChI is InChI=1S/C27H47F3O/c1-6-8-9-19-11-12-20-22-14-13-21(18(3)10-15-24(31)27(28,29)30)26(22,5)17-16-23(20)25(19,4)7-2/h18-24,31H,6-17H2,1-5H3/t18-,19+,20+,21-,22+,23+,24+,25+,26-/m1/s1. The summed E-state index contributed by atoms with van der Waals surface area (Å²) in [6.45, 7) is 11.9. The molecule has 0 aromatic heterocycles. The Balaban J connectivity index is 1.70. The zero-order chi connectivity index (χ0) is 23.0. The molecular weight excluding hydrogens is 397 g/mol. The van der Waals surface area contributed by atoms with Crippen molar-refractivity contribution in [3.8, 4) is 0 Å². The Bertz CT molecular complexity index is 590. The molecule has 1 nitrogen and oxygen atoms in total. The van der Waals surface area contributed by atoms with Crippen LogP contribution in [0.4, 0.5) is 13.2 Å². The van der Waals surface area contributed by atoms with Gasteiger partial charge in [-0.1, -0.05) is 53.9 Å². The molecule has 0 aromatic rings. The van der Waals surface area contributed by atoms with Gasteiger partial charge in [-0.05, 0) is 104 Å². The van der Waals surface area contributed by atoms with E-state index >= 15 is 0 Å². The van der Waals surface area contributed by atoms with E-state index in [2.05, 4.69) is 34.6 Å². The van der Waals surface area contributed by atoms with E-state index in [9.17, 15) is 18.3 Å². The number of fused-ring (bicyclic) bond motifs is 3. The van der Waals surface area contributed by atoms with Gasteiger partial charge in [-0.15, -0.1) is 0 Å². The van der Waals surface area contributed by atoms with Crippen molar-refractivity contribution in [3.05, 3.63) is 0 Å². The van der Waals surface area contributed by atoms with Gasteiger partial charge in [0.05, 0.1) is 0 Å². The summed E-state index contributed by atoms with van der Waals surface area (Å²) in [6, 6.07) is 0. The first-order valence-electron chi connectivity index (χ1n) is 13.2. The zero-order valence-electron chi connectivity index (χ0n) is 20.6. The highest BCUT2D eigenvalue weighted by Crippen LogP contribution is 2.67. The molecule has 0 aliphatic heterocycles. The van der Waals surface area contributed by atoms with Crippen LogP contribution in [0.25, 0.3) is 0 Å². The monoisotopic (exact) mass is 444 g/mol. The minimum atomic E-state index is -4.49. The number of hydrogen-bond acceptors (Lipinski definition) is 1. The highest BCUT2D eigenvalue weighted by molar-refractivity contribution is 5.08. The Hall–Kier alpha value is -0.250. The Labute approximate surface area is 189 Å². The molecule has 31 heavy (non-hydrogen) atoms. The van der Waals surface area contributed by atoms with Crippen LogP contribution in [0.5, 0.6) is 0 Å². The van der Waals surface area contributed by atoms with Crippen molar-refractivity contribution in [2.45, 2.75) is 124 Å². The SMILES string of the molecule is CCCC[C@H]1CC[C@@H]2[C@H](CC[C@]3(C)[C@@H]([C@H](C)CC[C@H](O)C(F)(F)F)CC[C@@H]23)[C@@]1(C)CC. The third-order valence-corrected chi connectivity index (χ3v) is 10.8. The molecule has 3 saturated carbocycles. The minimum Gasteiger partial charge on any atom is -0.384 e. The third-order valence-electron chi connectivity index (χ3n) is 10.8. The summed E-state index contributed by atoms with van der Waals surface area (Å²) in [5.41, 5.74) is 0.731. The Morgan fingerprint density at radius 1 is 0.968 bits per heavy atom. The summed E-state index contributed by atoms with van der Waals surface area (Å²) < 4.78 is 38.3. The quantitative estimate of drug-likeness (QED) is 0.398. The van der Waals surface area contributed by atoms with E-state index in [4.69, 9.17) is 0 Å². The first-order valence-corrected chi connectivity index (χ1v) is 13.2. The van der Waals surface area contributed by atoms with Gasteiger partial charge in [0.2, 0.25) is 0 Å². The van der Waals surface area contributed by atoms with Crippen LogP contribution < -0.4 is 0 Å². The molecule has 0 amide bonds. The molecule has 0 bridgehead atoms.